The van der Waals surface area contributed by atoms with Gasteiger partial charge in [0.25, 0.3) is 10.1 Å². The van der Waals surface area contributed by atoms with Crippen LogP contribution in [-0.4, -0.2) is 55.8 Å². The van der Waals surface area contributed by atoms with Gasteiger partial charge in [-0.05, 0) is 0 Å². The van der Waals surface area contributed by atoms with Crippen molar-refractivity contribution in [2.45, 2.75) is 24.6 Å². The number of aldehydes is 1. The molecule has 1 rings (SSSR count). The van der Waals surface area contributed by atoms with Crippen LogP contribution in [0.2, 0.25) is 0 Å². The van der Waals surface area contributed by atoms with Gasteiger partial charge in [0.05, 0.1) is 6.23 Å². The summed E-state index contributed by atoms with van der Waals surface area (Å²) in [4.78, 5) is 10.3. The monoisotopic (exact) mass is 227 g/mol. The molecule has 0 aliphatic carbocycles. The van der Waals surface area contributed by atoms with Crippen molar-refractivity contribution >= 4 is 16.4 Å². The fourth-order valence-electron chi connectivity index (χ4n) is 1.01. The summed E-state index contributed by atoms with van der Waals surface area (Å²) in [6.07, 6.45) is -6.96. The predicted octanol–water partition coefficient (Wildman–Crippen LogP) is -2.39. The van der Waals surface area contributed by atoms with Crippen LogP contribution in [-0.2, 0) is 23.8 Å². The van der Waals surface area contributed by atoms with Crippen LogP contribution in [0.1, 0.15) is 1.37 Å². The Morgan fingerprint density at radius 2 is 2.14 bits per heavy atom. The van der Waals surface area contributed by atoms with E-state index < -0.39 is 41.0 Å². The van der Waals surface area contributed by atoms with Gasteiger partial charge in [0.1, 0.15) is 18.3 Å². The standard InChI is InChI=1S/C6H10O7S/c1-14(10,11)13-6-5(9)4(8)3(2-7)12-6/h2-6,8-9H,1H3/t3-,4+,5-,6?/m1/s1/i1D. The fraction of sp³-hybridized carbons (Fsp3) is 0.833. The molecule has 0 spiro atoms. The highest BCUT2D eigenvalue weighted by molar-refractivity contribution is 7.86. The van der Waals surface area contributed by atoms with E-state index in [4.69, 9.17) is 6.48 Å². The van der Waals surface area contributed by atoms with Crippen molar-refractivity contribution in [3.63, 3.8) is 0 Å². The molecule has 0 aromatic rings. The van der Waals surface area contributed by atoms with Gasteiger partial charge in [-0.3, -0.25) is 0 Å². The summed E-state index contributed by atoms with van der Waals surface area (Å²) >= 11 is 0. The number of ether oxygens (including phenoxy) is 1. The summed E-state index contributed by atoms with van der Waals surface area (Å²) in [7, 11) is -4.14. The van der Waals surface area contributed by atoms with Crippen molar-refractivity contribution in [3.05, 3.63) is 0 Å². The molecule has 1 heterocycles. The molecule has 0 bridgehead atoms. The molecule has 1 fully saturated rings. The molecule has 0 saturated carbocycles. The molecule has 0 amide bonds. The van der Waals surface area contributed by atoms with Crippen LogP contribution in [0.4, 0.5) is 0 Å². The van der Waals surface area contributed by atoms with E-state index in [-0.39, 0.29) is 6.29 Å². The molecule has 82 valence electrons. The van der Waals surface area contributed by atoms with Gasteiger partial charge in [0.2, 0.25) is 6.29 Å². The second-order valence-corrected chi connectivity index (χ2v) is 4.05. The van der Waals surface area contributed by atoms with Crippen molar-refractivity contribution in [1.29, 1.82) is 0 Å². The van der Waals surface area contributed by atoms with Crippen molar-refractivity contribution in [3.8, 4) is 0 Å². The molecule has 1 aliphatic rings. The molecule has 1 unspecified atom stereocenters. The lowest BCUT2D eigenvalue weighted by Crippen LogP contribution is -2.34. The number of carbonyl (C=O) groups is 1. The van der Waals surface area contributed by atoms with Crippen LogP contribution < -0.4 is 0 Å². The maximum atomic E-state index is 10.8. The average Bonchev–Trinajstić information content (AvgIpc) is 2.45. The molecule has 7 nitrogen and oxygen atoms in total. The largest absolute Gasteiger partial charge is 0.387 e. The Bertz CT molecular complexity index is 328. The summed E-state index contributed by atoms with van der Waals surface area (Å²) < 4.78 is 37.1. The van der Waals surface area contributed by atoms with Gasteiger partial charge in [-0.2, -0.15) is 8.42 Å². The minimum Gasteiger partial charge on any atom is -0.387 e. The molecule has 8 heteroatoms. The predicted molar refractivity (Wildman–Crippen MR) is 42.7 cm³/mol. The van der Waals surface area contributed by atoms with Crippen LogP contribution in [0.15, 0.2) is 0 Å². The number of hydrogen-bond donors (Lipinski definition) is 2. The first-order chi connectivity index (χ1) is 6.91. The van der Waals surface area contributed by atoms with Crippen LogP contribution >= 0.6 is 0 Å². The number of hydrogen-bond acceptors (Lipinski definition) is 7. The van der Waals surface area contributed by atoms with Gasteiger partial charge in [-0.25, -0.2) is 4.18 Å². The van der Waals surface area contributed by atoms with Gasteiger partial charge in [0, 0.05) is 1.37 Å². The summed E-state index contributed by atoms with van der Waals surface area (Å²) in [6, 6.07) is 0. The molecule has 0 aromatic heterocycles. The van der Waals surface area contributed by atoms with E-state index in [0.717, 1.165) is 0 Å². The molecule has 0 aromatic carbocycles. The smallest absolute Gasteiger partial charge is 0.266 e. The second-order valence-electron chi connectivity index (χ2n) is 2.74. The maximum Gasteiger partial charge on any atom is 0.266 e. The third-order valence-electron chi connectivity index (χ3n) is 1.63. The quantitative estimate of drug-likeness (QED) is 0.408. The zero-order valence-corrected chi connectivity index (χ0v) is 7.75. The lowest BCUT2D eigenvalue weighted by atomic mass is 10.1. The molecule has 0 radical (unpaired) electrons. The van der Waals surface area contributed by atoms with Crippen LogP contribution in [0.25, 0.3) is 0 Å². The molecular formula is C6H10O7S. The van der Waals surface area contributed by atoms with Crippen molar-refractivity contribution in [2.24, 2.45) is 0 Å². The van der Waals surface area contributed by atoms with E-state index in [2.05, 4.69) is 8.92 Å². The first-order valence-electron chi connectivity index (χ1n) is 4.29. The highest BCUT2D eigenvalue weighted by Crippen LogP contribution is 2.21. The Balaban J connectivity index is 2.70. The Morgan fingerprint density at radius 1 is 1.50 bits per heavy atom. The first kappa shape index (κ1) is 9.99. The van der Waals surface area contributed by atoms with Crippen molar-refractivity contribution in [1.82, 2.24) is 0 Å². The van der Waals surface area contributed by atoms with Crippen LogP contribution in [0.5, 0.6) is 0 Å². The van der Waals surface area contributed by atoms with E-state index in [1.54, 1.807) is 0 Å². The molecule has 14 heavy (non-hydrogen) atoms. The Labute approximate surface area is 81.8 Å². The van der Waals surface area contributed by atoms with E-state index in [0.29, 0.717) is 0 Å². The number of rotatable bonds is 3. The zero-order valence-electron chi connectivity index (χ0n) is 7.94. The normalized spacial score (nSPS) is 39.4. The SMILES string of the molecule is [2H]CS(=O)(=O)OC1O[C@H](C=O)[C@H](O)[C@H]1O. The van der Waals surface area contributed by atoms with Gasteiger partial charge < -0.3 is 19.7 Å². The lowest BCUT2D eigenvalue weighted by molar-refractivity contribution is -0.131. The van der Waals surface area contributed by atoms with E-state index >= 15 is 0 Å². The Kier molecular flexibility index (Phi) is 2.79. The zero-order chi connectivity index (χ0) is 11.6. The summed E-state index contributed by atoms with van der Waals surface area (Å²) in [6.45, 7) is 0. The third-order valence-corrected chi connectivity index (χ3v) is 2.12. The van der Waals surface area contributed by atoms with Gasteiger partial charge in [-0.15, -0.1) is 0 Å². The van der Waals surface area contributed by atoms with Crippen LogP contribution in [0, 0.1) is 0 Å². The summed E-state index contributed by atoms with van der Waals surface area (Å²) in [5, 5.41) is 18.4. The molecule has 2 N–H and O–H groups in total. The number of carbonyl (C=O) groups excluding carboxylic acids is 1. The molecular weight excluding hydrogens is 216 g/mol. The number of aliphatic hydroxyl groups is 2. The molecule has 1 saturated heterocycles. The Hall–Kier alpha value is -0.540. The second kappa shape index (κ2) is 3.91. The van der Waals surface area contributed by atoms with Gasteiger partial charge >= 0.3 is 0 Å². The van der Waals surface area contributed by atoms with Crippen molar-refractivity contribution in [2.75, 3.05) is 6.23 Å². The van der Waals surface area contributed by atoms with E-state index in [1.807, 2.05) is 0 Å². The minimum absolute atomic E-state index is 0.227. The van der Waals surface area contributed by atoms with Crippen LogP contribution in [0.3, 0.4) is 0 Å². The molecule has 1 aliphatic heterocycles. The van der Waals surface area contributed by atoms with E-state index in [1.165, 1.54) is 0 Å². The number of aliphatic hydroxyl groups excluding tert-OH is 2. The average molecular weight is 227 g/mol. The van der Waals surface area contributed by atoms with E-state index in [9.17, 15) is 18.3 Å². The summed E-state index contributed by atoms with van der Waals surface area (Å²) in [5.74, 6) is 0. The highest BCUT2D eigenvalue weighted by atomic mass is 32.2. The fourth-order valence-corrected chi connectivity index (χ4v) is 1.46. The molecule has 4 atom stereocenters. The van der Waals surface area contributed by atoms with Gasteiger partial charge in [-0.1, -0.05) is 0 Å². The lowest BCUT2D eigenvalue weighted by Gasteiger charge is -2.12. The first-order valence-corrected chi connectivity index (χ1v) is 5.16. The Morgan fingerprint density at radius 3 is 2.57 bits per heavy atom. The maximum absolute atomic E-state index is 10.8. The van der Waals surface area contributed by atoms with Crippen molar-refractivity contribution < 1.29 is 33.7 Å². The third kappa shape index (κ3) is 2.49. The topological polar surface area (TPSA) is 110 Å². The summed E-state index contributed by atoms with van der Waals surface area (Å²) in [5.41, 5.74) is 0. The minimum atomic E-state index is -4.14. The highest BCUT2D eigenvalue weighted by Gasteiger charge is 2.44. The van der Waals surface area contributed by atoms with Gasteiger partial charge in [0.15, 0.2) is 6.29 Å².